The molecule has 0 unspecified atom stereocenters. The minimum atomic E-state index is -0.564. The fourth-order valence-electron chi connectivity index (χ4n) is 2.15. The third-order valence-electron chi connectivity index (χ3n) is 3.43. The van der Waals surface area contributed by atoms with E-state index in [4.69, 9.17) is 4.74 Å². The first kappa shape index (κ1) is 17.4. The van der Waals surface area contributed by atoms with Gasteiger partial charge in [-0.3, -0.25) is 4.79 Å². The lowest BCUT2D eigenvalue weighted by molar-refractivity contribution is 0.111. The molecule has 124 valence electrons. The van der Waals surface area contributed by atoms with Crippen molar-refractivity contribution in [1.82, 2.24) is 5.32 Å². The lowest BCUT2D eigenvalue weighted by Gasteiger charge is -2.06. The van der Waals surface area contributed by atoms with Gasteiger partial charge in [0.1, 0.15) is 12.4 Å². The van der Waals surface area contributed by atoms with Crippen molar-refractivity contribution in [2.75, 3.05) is 6.54 Å². The molecule has 1 N–H and O–H groups in total. The molecule has 1 amide bonds. The van der Waals surface area contributed by atoms with E-state index < -0.39 is 11.9 Å². The Balaban J connectivity index is 1.86. The molecule has 0 fully saturated rings. The van der Waals surface area contributed by atoms with Gasteiger partial charge in [-0.15, -0.1) is 0 Å². The zero-order valence-corrected chi connectivity index (χ0v) is 13.3. The monoisotopic (exact) mass is 327 g/mol. The van der Waals surface area contributed by atoms with Gasteiger partial charge in [0.15, 0.2) is 6.29 Å². The molecule has 4 nitrogen and oxygen atoms in total. The van der Waals surface area contributed by atoms with Crippen molar-refractivity contribution in [2.24, 2.45) is 0 Å². The van der Waals surface area contributed by atoms with Crippen molar-refractivity contribution in [3.63, 3.8) is 0 Å². The summed E-state index contributed by atoms with van der Waals surface area (Å²) in [7, 11) is 0. The second kappa shape index (κ2) is 8.62. The van der Waals surface area contributed by atoms with Crippen LogP contribution in [0.1, 0.15) is 27.0 Å². The third-order valence-corrected chi connectivity index (χ3v) is 3.43. The third kappa shape index (κ3) is 4.78. The number of nitrogens with one attached hydrogen (secondary N) is 1. The van der Waals surface area contributed by atoms with Crippen LogP contribution in [0.5, 0.6) is 0 Å². The van der Waals surface area contributed by atoms with Crippen LogP contribution in [-0.4, -0.2) is 18.9 Å². The zero-order chi connectivity index (χ0) is 17.4. The predicted molar refractivity (Wildman–Crippen MR) is 90.2 cm³/mol. The Morgan fingerprint density at radius 3 is 2.62 bits per heavy atom. The van der Waals surface area contributed by atoms with Crippen LogP contribution in [0.2, 0.25) is 0 Å². The van der Waals surface area contributed by atoms with Gasteiger partial charge in [-0.05, 0) is 29.7 Å². The number of rotatable bonds is 6. The zero-order valence-electron chi connectivity index (χ0n) is 13.3. The molecule has 2 aromatic rings. The summed E-state index contributed by atoms with van der Waals surface area (Å²) in [5, 5.41) is 2.56. The van der Waals surface area contributed by atoms with Crippen LogP contribution in [0, 0.1) is 12.7 Å². The van der Waals surface area contributed by atoms with Gasteiger partial charge in [0.05, 0.1) is 5.56 Å². The number of aryl methyl sites for hydroxylation is 1. The number of hydrogen-bond acceptors (Lipinski definition) is 3. The van der Waals surface area contributed by atoms with Gasteiger partial charge in [-0.1, -0.05) is 48.6 Å². The number of alkyl carbamates (subject to hydrolysis) is 1. The van der Waals surface area contributed by atoms with Crippen molar-refractivity contribution in [3.05, 3.63) is 76.6 Å². The maximum absolute atomic E-state index is 13.6. The number of carbonyl (C=O) groups excluding carboxylic acids is 2. The van der Waals surface area contributed by atoms with E-state index in [-0.39, 0.29) is 18.7 Å². The fourth-order valence-corrected chi connectivity index (χ4v) is 2.15. The largest absolute Gasteiger partial charge is 0.445 e. The van der Waals surface area contributed by atoms with Gasteiger partial charge >= 0.3 is 6.09 Å². The van der Waals surface area contributed by atoms with Crippen LogP contribution in [0.4, 0.5) is 9.18 Å². The number of benzene rings is 2. The first-order valence-corrected chi connectivity index (χ1v) is 7.47. The molecular formula is C19H18FNO3. The molecule has 5 heteroatoms. The van der Waals surface area contributed by atoms with Crippen molar-refractivity contribution in [3.8, 4) is 0 Å². The van der Waals surface area contributed by atoms with E-state index >= 15 is 0 Å². The van der Waals surface area contributed by atoms with Gasteiger partial charge in [-0.25, -0.2) is 9.18 Å². The lowest BCUT2D eigenvalue weighted by Crippen LogP contribution is -2.24. The number of halogens is 1. The number of aldehydes is 1. The average molecular weight is 327 g/mol. The Hall–Kier alpha value is -2.95. The molecule has 0 saturated heterocycles. The second-order valence-corrected chi connectivity index (χ2v) is 5.15. The number of carbonyl (C=O) groups is 2. The first-order valence-electron chi connectivity index (χ1n) is 7.47. The molecule has 24 heavy (non-hydrogen) atoms. The summed E-state index contributed by atoms with van der Waals surface area (Å²) >= 11 is 0. The summed E-state index contributed by atoms with van der Waals surface area (Å²) < 4.78 is 18.6. The first-order chi connectivity index (χ1) is 11.6. The Bertz CT molecular complexity index is 742. The summed E-state index contributed by atoms with van der Waals surface area (Å²) in [6.07, 6.45) is 3.19. The van der Waals surface area contributed by atoms with E-state index in [1.165, 1.54) is 6.07 Å². The molecule has 0 heterocycles. The van der Waals surface area contributed by atoms with E-state index in [1.54, 1.807) is 25.1 Å². The van der Waals surface area contributed by atoms with Crippen molar-refractivity contribution in [1.29, 1.82) is 0 Å². The van der Waals surface area contributed by atoms with Crippen LogP contribution in [0.25, 0.3) is 6.08 Å². The number of hydrogen-bond donors (Lipinski definition) is 1. The van der Waals surface area contributed by atoms with Crippen molar-refractivity contribution in [2.45, 2.75) is 13.5 Å². The highest BCUT2D eigenvalue weighted by molar-refractivity contribution is 5.83. The Labute approximate surface area is 140 Å². The van der Waals surface area contributed by atoms with Gasteiger partial charge in [-0.2, -0.15) is 0 Å². The van der Waals surface area contributed by atoms with Crippen molar-refractivity contribution >= 4 is 18.5 Å². The highest BCUT2D eigenvalue weighted by Gasteiger charge is 2.08. The summed E-state index contributed by atoms with van der Waals surface area (Å²) in [5.41, 5.74) is 2.19. The molecule has 0 atom stereocenters. The molecule has 0 aliphatic rings. The van der Waals surface area contributed by atoms with Crippen LogP contribution < -0.4 is 5.32 Å². The van der Waals surface area contributed by atoms with E-state index in [9.17, 15) is 14.0 Å². The van der Waals surface area contributed by atoms with Gasteiger partial charge in [0.2, 0.25) is 0 Å². The van der Waals surface area contributed by atoms with E-state index in [0.717, 1.165) is 11.1 Å². The van der Waals surface area contributed by atoms with Gasteiger partial charge in [0.25, 0.3) is 0 Å². The molecule has 0 bridgehead atoms. The molecule has 0 aliphatic heterocycles. The van der Waals surface area contributed by atoms with Crippen LogP contribution in [-0.2, 0) is 11.3 Å². The summed E-state index contributed by atoms with van der Waals surface area (Å²) in [5.74, 6) is -0.564. The van der Waals surface area contributed by atoms with E-state index in [2.05, 4.69) is 5.32 Å². The maximum atomic E-state index is 13.6. The van der Waals surface area contributed by atoms with Gasteiger partial charge < -0.3 is 10.1 Å². The smallest absolute Gasteiger partial charge is 0.407 e. The second-order valence-electron chi connectivity index (χ2n) is 5.15. The highest BCUT2D eigenvalue weighted by Crippen LogP contribution is 2.17. The summed E-state index contributed by atoms with van der Waals surface area (Å²) in [6, 6.07) is 12.2. The standard InChI is InChI=1S/C19H18FNO3/c1-14-9-10-18(20)17(12-22)16(14)8-5-11-21-19(23)24-13-15-6-3-2-4-7-15/h2-10,12H,11,13H2,1H3,(H,21,23). The topological polar surface area (TPSA) is 55.4 Å². The fraction of sp³-hybridized carbons (Fsp3) is 0.158. The normalized spacial score (nSPS) is 10.6. The molecule has 0 radical (unpaired) electrons. The maximum Gasteiger partial charge on any atom is 0.407 e. The van der Waals surface area contributed by atoms with Gasteiger partial charge in [0, 0.05) is 6.54 Å². The Kier molecular flexibility index (Phi) is 6.25. The van der Waals surface area contributed by atoms with Crippen LogP contribution >= 0.6 is 0 Å². The van der Waals surface area contributed by atoms with Crippen LogP contribution in [0.15, 0.2) is 48.5 Å². The summed E-state index contributed by atoms with van der Waals surface area (Å²) in [4.78, 5) is 22.6. The number of ether oxygens (including phenoxy) is 1. The minimum Gasteiger partial charge on any atom is -0.445 e. The van der Waals surface area contributed by atoms with Crippen molar-refractivity contribution < 1.29 is 18.7 Å². The number of amides is 1. The molecule has 0 aromatic heterocycles. The molecular weight excluding hydrogens is 309 g/mol. The molecule has 2 aromatic carbocycles. The lowest BCUT2D eigenvalue weighted by atomic mass is 10.0. The summed E-state index contributed by atoms with van der Waals surface area (Å²) in [6.45, 7) is 2.18. The Morgan fingerprint density at radius 1 is 1.17 bits per heavy atom. The minimum absolute atomic E-state index is 0.0119. The predicted octanol–water partition coefficient (Wildman–Crippen LogP) is 3.89. The Morgan fingerprint density at radius 2 is 1.92 bits per heavy atom. The van der Waals surface area contributed by atoms with E-state index in [1.807, 2.05) is 30.3 Å². The van der Waals surface area contributed by atoms with E-state index in [0.29, 0.717) is 11.8 Å². The average Bonchev–Trinajstić information content (AvgIpc) is 2.60. The highest BCUT2D eigenvalue weighted by atomic mass is 19.1. The molecule has 0 spiro atoms. The van der Waals surface area contributed by atoms with Crippen LogP contribution in [0.3, 0.4) is 0 Å². The SMILES string of the molecule is Cc1ccc(F)c(C=O)c1C=CCNC(=O)OCc1ccccc1. The molecule has 0 aliphatic carbocycles. The quantitative estimate of drug-likeness (QED) is 0.819. The molecule has 2 rings (SSSR count). The molecule has 0 saturated carbocycles.